The minimum absolute atomic E-state index is 0.386. The van der Waals surface area contributed by atoms with Crippen molar-refractivity contribution in [3.05, 3.63) is 35.9 Å². The fourth-order valence-corrected chi connectivity index (χ4v) is 1.73. The third-order valence-electron chi connectivity index (χ3n) is 1.60. The lowest BCUT2D eigenvalue weighted by Gasteiger charge is -2.16. The highest BCUT2D eigenvalue weighted by atomic mass is 31.2. The molecular formula is C8H9F2O3P. The monoisotopic (exact) mass is 222 g/mol. The predicted octanol–water partition coefficient (Wildman–Crippen LogP) is 1.96. The van der Waals surface area contributed by atoms with Gasteiger partial charge in [-0.15, -0.1) is 0 Å². The van der Waals surface area contributed by atoms with Gasteiger partial charge in [0.25, 0.3) is 5.92 Å². The zero-order valence-corrected chi connectivity index (χ0v) is 7.99. The van der Waals surface area contributed by atoms with Crippen LogP contribution in [-0.4, -0.2) is 15.9 Å². The van der Waals surface area contributed by atoms with Gasteiger partial charge in [0, 0.05) is 5.56 Å². The number of halogens is 2. The summed E-state index contributed by atoms with van der Waals surface area (Å²) in [6, 6.07) is 6.61. The Hall–Kier alpha value is -0.770. The molecule has 0 radical (unpaired) electrons. The molecule has 0 fully saturated rings. The Balaban J connectivity index is 2.92. The first-order valence-corrected chi connectivity index (χ1v) is 5.59. The Morgan fingerprint density at radius 2 is 1.71 bits per heavy atom. The molecule has 1 aromatic rings. The highest BCUT2D eigenvalue weighted by molar-refractivity contribution is 7.51. The van der Waals surface area contributed by atoms with Crippen LogP contribution in [-0.2, 0) is 10.5 Å². The Kier molecular flexibility index (Phi) is 3.04. The van der Waals surface area contributed by atoms with Gasteiger partial charge in [0.1, 0.15) is 6.16 Å². The van der Waals surface area contributed by atoms with Crippen molar-refractivity contribution in [2.45, 2.75) is 5.92 Å². The van der Waals surface area contributed by atoms with E-state index < -0.39 is 19.7 Å². The Morgan fingerprint density at radius 3 is 2.14 bits per heavy atom. The van der Waals surface area contributed by atoms with E-state index in [4.69, 9.17) is 9.79 Å². The summed E-state index contributed by atoms with van der Waals surface area (Å²) < 4.78 is 36.8. The van der Waals surface area contributed by atoms with Crippen LogP contribution in [0.1, 0.15) is 5.56 Å². The van der Waals surface area contributed by atoms with Crippen molar-refractivity contribution in [1.82, 2.24) is 0 Å². The van der Waals surface area contributed by atoms with E-state index in [2.05, 4.69) is 0 Å². The second-order valence-electron chi connectivity index (χ2n) is 2.89. The van der Waals surface area contributed by atoms with E-state index in [0.29, 0.717) is 0 Å². The van der Waals surface area contributed by atoms with Crippen LogP contribution in [0.25, 0.3) is 0 Å². The zero-order valence-electron chi connectivity index (χ0n) is 7.10. The normalized spacial score (nSPS) is 12.9. The number of hydrogen-bond acceptors (Lipinski definition) is 1. The fourth-order valence-electron chi connectivity index (χ4n) is 1.03. The van der Waals surface area contributed by atoms with Crippen molar-refractivity contribution in [2.24, 2.45) is 0 Å². The first-order valence-electron chi connectivity index (χ1n) is 3.79. The van der Waals surface area contributed by atoms with Crippen molar-refractivity contribution < 1.29 is 23.1 Å². The van der Waals surface area contributed by atoms with E-state index in [1.54, 1.807) is 6.07 Å². The van der Waals surface area contributed by atoms with Crippen LogP contribution < -0.4 is 0 Å². The molecular weight excluding hydrogens is 213 g/mol. The second-order valence-corrected chi connectivity index (χ2v) is 4.54. The lowest BCUT2D eigenvalue weighted by atomic mass is 10.1. The maximum absolute atomic E-state index is 13.2. The molecule has 0 saturated carbocycles. The van der Waals surface area contributed by atoms with Gasteiger partial charge in [0.2, 0.25) is 0 Å². The summed E-state index contributed by atoms with van der Waals surface area (Å²) in [5, 5.41) is 0. The summed E-state index contributed by atoms with van der Waals surface area (Å²) in [6.07, 6.45) is -1.45. The van der Waals surface area contributed by atoms with Crippen molar-refractivity contribution in [2.75, 3.05) is 6.16 Å². The molecule has 0 aliphatic rings. The molecule has 0 aliphatic carbocycles. The van der Waals surface area contributed by atoms with Gasteiger partial charge in [-0.25, -0.2) is 8.78 Å². The minimum Gasteiger partial charge on any atom is -0.324 e. The van der Waals surface area contributed by atoms with Gasteiger partial charge in [-0.1, -0.05) is 30.3 Å². The largest absolute Gasteiger partial charge is 0.331 e. The van der Waals surface area contributed by atoms with E-state index in [-0.39, 0.29) is 5.56 Å². The third kappa shape index (κ3) is 3.18. The van der Waals surface area contributed by atoms with Crippen LogP contribution in [0.3, 0.4) is 0 Å². The summed E-state index contributed by atoms with van der Waals surface area (Å²) in [5.41, 5.74) is -0.386. The van der Waals surface area contributed by atoms with Gasteiger partial charge >= 0.3 is 7.60 Å². The lowest BCUT2D eigenvalue weighted by Crippen LogP contribution is -2.18. The Bertz CT molecular complexity index is 347. The van der Waals surface area contributed by atoms with Gasteiger partial charge in [0.05, 0.1) is 0 Å². The van der Waals surface area contributed by atoms with E-state index in [9.17, 15) is 13.3 Å². The van der Waals surface area contributed by atoms with Gasteiger partial charge in [-0.3, -0.25) is 4.57 Å². The lowest BCUT2D eigenvalue weighted by molar-refractivity contribution is 0.0166. The van der Waals surface area contributed by atoms with E-state index in [1.807, 2.05) is 0 Å². The van der Waals surface area contributed by atoms with E-state index in [1.165, 1.54) is 12.1 Å². The average Bonchev–Trinajstić information content (AvgIpc) is 2.01. The maximum Gasteiger partial charge on any atom is 0.331 e. The van der Waals surface area contributed by atoms with Crippen LogP contribution in [0, 0.1) is 0 Å². The average molecular weight is 222 g/mol. The number of hydrogen-bond donors (Lipinski definition) is 2. The van der Waals surface area contributed by atoms with Crippen molar-refractivity contribution in [3.63, 3.8) is 0 Å². The molecule has 0 aliphatic heterocycles. The highest BCUT2D eigenvalue weighted by Crippen LogP contribution is 2.44. The summed E-state index contributed by atoms with van der Waals surface area (Å²) in [7, 11) is -4.70. The van der Waals surface area contributed by atoms with Crippen molar-refractivity contribution in [1.29, 1.82) is 0 Å². The van der Waals surface area contributed by atoms with Gasteiger partial charge in [-0.2, -0.15) is 0 Å². The highest BCUT2D eigenvalue weighted by Gasteiger charge is 2.38. The maximum atomic E-state index is 13.2. The van der Waals surface area contributed by atoms with Crippen LogP contribution in [0.4, 0.5) is 8.78 Å². The van der Waals surface area contributed by atoms with Gasteiger partial charge in [0.15, 0.2) is 0 Å². The smallest absolute Gasteiger partial charge is 0.324 e. The third-order valence-corrected chi connectivity index (χ3v) is 2.41. The van der Waals surface area contributed by atoms with Crippen LogP contribution in [0.2, 0.25) is 0 Å². The topological polar surface area (TPSA) is 57.5 Å². The van der Waals surface area contributed by atoms with E-state index >= 15 is 0 Å². The minimum atomic E-state index is -4.70. The SMILES string of the molecule is O=P(O)(O)CC(F)(F)c1ccccc1. The molecule has 14 heavy (non-hydrogen) atoms. The quantitative estimate of drug-likeness (QED) is 0.768. The number of benzene rings is 1. The molecule has 0 atom stereocenters. The molecule has 1 rings (SSSR count). The van der Waals surface area contributed by atoms with Crippen molar-refractivity contribution in [3.8, 4) is 0 Å². The first kappa shape index (κ1) is 11.3. The molecule has 0 aromatic heterocycles. The molecule has 0 saturated heterocycles. The molecule has 0 heterocycles. The molecule has 6 heteroatoms. The molecule has 3 nitrogen and oxygen atoms in total. The summed E-state index contributed by atoms with van der Waals surface area (Å²) in [6.45, 7) is 0. The van der Waals surface area contributed by atoms with Gasteiger partial charge < -0.3 is 9.79 Å². The van der Waals surface area contributed by atoms with E-state index in [0.717, 1.165) is 12.1 Å². The standard InChI is InChI=1S/C8H9F2O3P/c9-8(10,6-14(11,12)13)7-4-2-1-3-5-7/h1-5H,6H2,(H2,11,12,13). The van der Waals surface area contributed by atoms with Gasteiger partial charge in [-0.05, 0) is 0 Å². The molecule has 78 valence electrons. The number of alkyl halides is 2. The zero-order chi connectivity index (χ0) is 10.8. The molecule has 0 spiro atoms. The first-order chi connectivity index (χ1) is 6.31. The predicted molar refractivity (Wildman–Crippen MR) is 47.2 cm³/mol. The summed E-state index contributed by atoms with van der Waals surface area (Å²) >= 11 is 0. The van der Waals surface area contributed by atoms with Crippen LogP contribution in [0.15, 0.2) is 30.3 Å². The Morgan fingerprint density at radius 1 is 1.21 bits per heavy atom. The molecule has 0 amide bonds. The number of rotatable bonds is 3. The summed E-state index contributed by atoms with van der Waals surface area (Å²) in [5.74, 6) is -3.49. The van der Waals surface area contributed by atoms with Crippen molar-refractivity contribution >= 4 is 7.60 Å². The molecule has 2 N–H and O–H groups in total. The van der Waals surface area contributed by atoms with Crippen LogP contribution >= 0.6 is 7.60 Å². The molecule has 0 unspecified atom stereocenters. The Labute approximate surface area is 79.5 Å². The van der Waals surface area contributed by atoms with Crippen LogP contribution in [0.5, 0.6) is 0 Å². The fraction of sp³-hybridized carbons (Fsp3) is 0.250. The second kappa shape index (κ2) is 3.77. The molecule has 0 bridgehead atoms. The summed E-state index contributed by atoms with van der Waals surface area (Å²) in [4.78, 5) is 16.9. The molecule has 1 aromatic carbocycles.